The average Bonchev–Trinajstić information content (AvgIpc) is 2.60. The van der Waals surface area contributed by atoms with Crippen molar-refractivity contribution in [2.75, 3.05) is 26.8 Å². The Hall–Kier alpha value is -2.90. The summed E-state index contributed by atoms with van der Waals surface area (Å²) in [6.07, 6.45) is -2.97. The first kappa shape index (κ1) is 18.4. The molecule has 2 aromatic rings. The minimum Gasteiger partial charge on any atom is -0.493 e. The molecule has 0 heterocycles. The van der Waals surface area contributed by atoms with Crippen LogP contribution in [0.1, 0.15) is 11.1 Å². The Labute approximate surface area is 143 Å². The van der Waals surface area contributed by atoms with Gasteiger partial charge in [-0.3, -0.25) is 5.43 Å². The van der Waals surface area contributed by atoms with Crippen molar-refractivity contribution in [1.29, 1.82) is 0 Å². The van der Waals surface area contributed by atoms with E-state index in [1.165, 1.54) is 39.7 Å². The summed E-state index contributed by atoms with van der Waals surface area (Å²) in [6, 6.07) is 8.10. The lowest BCUT2D eigenvalue weighted by Crippen LogP contribution is -2.05. The Balaban J connectivity index is 2.20. The maximum atomic E-state index is 12.7. The Morgan fingerprint density at radius 2 is 1.60 bits per heavy atom. The van der Waals surface area contributed by atoms with Gasteiger partial charge in [-0.2, -0.15) is 18.3 Å². The molecule has 0 aliphatic carbocycles. The van der Waals surface area contributed by atoms with Crippen molar-refractivity contribution < 1.29 is 27.4 Å². The normalized spacial score (nSPS) is 11.4. The Morgan fingerprint density at radius 3 is 2.12 bits per heavy atom. The molecule has 0 radical (unpaired) electrons. The lowest BCUT2D eigenvalue weighted by Gasteiger charge is -2.12. The largest absolute Gasteiger partial charge is 0.493 e. The number of rotatable bonds is 6. The van der Waals surface area contributed by atoms with Gasteiger partial charge in [-0.15, -0.1) is 0 Å². The predicted molar refractivity (Wildman–Crippen MR) is 88.8 cm³/mol. The van der Waals surface area contributed by atoms with Crippen LogP contribution in [0.4, 0.5) is 18.9 Å². The minimum absolute atomic E-state index is 0.221. The SMILES string of the molecule is COc1cc(C=NNc2cccc(C(F)(F)F)c2)cc(OC)c1OC. The third kappa shape index (κ3) is 4.56. The van der Waals surface area contributed by atoms with Gasteiger partial charge >= 0.3 is 6.18 Å². The fourth-order valence-electron chi connectivity index (χ4n) is 2.12. The number of nitrogens with zero attached hydrogens (tertiary/aromatic N) is 1. The molecule has 5 nitrogen and oxygen atoms in total. The number of methoxy groups -OCH3 is 3. The molecule has 0 atom stereocenters. The predicted octanol–water partition coefficient (Wildman–Crippen LogP) is 4.18. The van der Waals surface area contributed by atoms with E-state index >= 15 is 0 Å². The summed E-state index contributed by atoms with van der Waals surface area (Å²) in [5.41, 5.74) is 2.66. The van der Waals surface area contributed by atoms with Crippen molar-refractivity contribution in [1.82, 2.24) is 0 Å². The fourth-order valence-corrected chi connectivity index (χ4v) is 2.12. The topological polar surface area (TPSA) is 52.1 Å². The second-order valence-electron chi connectivity index (χ2n) is 4.91. The first-order valence-electron chi connectivity index (χ1n) is 7.15. The molecule has 0 aromatic heterocycles. The van der Waals surface area contributed by atoms with E-state index in [1.807, 2.05) is 0 Å². The molecule has 0 aliphatic heterocycles. The van der Waals surface area contributed by atoms with Crippen molar-refractivity contribution in [3.63, 3.8) is 0 Å². The Bertz CT molecular complexity index is 736. The van der Waals surface area contributed by atoms with E-state index in [0.29, 0.717) is 22.8 Å². The van der Waals surface area contributed by atoms with Crippen molar-refractivity contribution in [2.45, 2.75) is 6.18 Å². The van der Waals surface area contributed by atoms with Crippen LogP contribution >= 0.6 is 0 Å². The quantitative estimate of drug-likeness (QED) is 0.625. The van der Waals surface area contributed by atoms with E-state index < -0.39 is 11.7 Å². The highest BCUT2D eigenvalue weighted by molar-refractivity contribution is 5.83. The van der Waals surface area contributed by atoms with E-state index in [4.69, 9.17) is 14.2 Å². The third-order valence-electron chi connectivity index (χ3n) is 3.28. The van der Waals surface area contributed by atoms with Gasteiger partial charge in [-0.1, -0.05) is 6.07 Å². The van der Waals surface area contributed by atoms with Crippen LogP contribution in [0, 0.1) is 0 Å². The van der Waals surface area contributed by atoms with Crippen LogP contribution < -0.4 is 19.6 Å². The number of halogens is 3. The fraction of sp³-hybridized carbons (Fsp3) is 0.235. The Kier molecular flexibility index (Phi) is 5.74. The summed E-state index contributed by atoms with van der Waals surface area (Å²) >= 11 is 0. The average molecular weight is 354 g/mol. The van der Waals surface area contributed by atoms with E-state index in [1.54, 1.807) is 12.1 Å². The van der Waals surface area contributed by atoms with Gasteiger partial charge in [0.15, 0.2) is 11.5 Å². The van der Waals surface area contributed by atoms with E-state index in [9.17, 15) is 13.2 Å². The molecule has 0 saturated heterocycles. The highest BCUT2D eigenvalue weighted by Gasteiger charge is 2.30. The smallest absolute Gasteiger partial charge is 0.416 e. The van der Waals surface area contributed by atoms with Gasteiger partial charge in [0.05, 0.1) is 38.8 Å². The summed E-state index contributed by atoms with van der Waals surface area (Å²) in [5.74, 6) is 1.33. The van der Waals surface area contributed by atoms with Crippen LogP contribution in [-0.2, 0) is 6.18 Å². The highest BCUT2D eigenvalue weighted by Crippen LogP contribution is 2.37. The molecule has 2 aromatic carbocycles. The molecule has 25 heavy (non-hydrogen) atoms. The summed E-state index contributed by atoms with van der Waals surface area (Å²) in [4.78, 5) is 0. The molecule has 0 saturated carbocycles. The number of alkyl halides is 3. The van der Waals surface area contributed by atoms with Crippen molar-refractivity contribution >= 4 is 11.9 Å². The first-order chi connectivity index (χ1) is 11.9. The van der Waals surface area contributed by atoms with Crippen molar-refractivity contribution in [3.8, 4) is 17.2 Å². The molecule has 0 unspecified atom stereocenters. The molecule has 2 rings (SSSR count). The minimum atomic E-state index is -4.40. The number of benzene rings is 2. The van der Waals surface area contributed by atoms with E-state index in [0.717, 1.165) is 12.1 Å². The van der Waals surface area contributed by atoms with Crippen LogP contribution in [0.3, 0.4) is 0 Å². The standard InChI is InChI=1S/C17H17F3N2O3/c1-23-14-7-11(8-15(24-2)16(14)25-3)10-21-22-13-6-4-5-12(9-13)17(18,19)20/h4-10,22H,1-3H3. The molecule has 1 N–H and O–H groups in total. The summed E-state index contributed by atoms with van der Waals surface area (Å²) in [6.45, 7) is 0. The highest BCUT2D eigenvalue weighted by atomic mass is 19.4. The van der Waals surface area contributed by atoms with Crippen LogP contribution in [-0.4, -0.2) is 27.5 Å². The zero-order chi connectivity index (χ0) is 18.4. The molecule has 8 heteroatoms. The zero-order valence-electron chi connectivity index (χ0n) is 13.8. The van der Waals surface area contributed by atoms with Crippen LogP contribution in [0.15, 0.2) is 41.5 Å². The van der Waals surface area contributed by atoms with Gasteiger partial charge < -0.3 is 14.2 Å². The summed E-state index contributed by atoms with van der Waals surface area (Å²) in [7, 11) is 4.46. The molecular weight excluding hydrogens is 337 g/mol. The van der Waals surface area contributed by atoms with Crippen molar-refractivity contribution in [2.24, 2.45) is 5.10 Å². The molecule has 0 aliphatic rings. The molecule has 0 fully saturated rings. The van der Waals surface area contributed by atoms with Crippen molar-refractivity contribution in [3.05, 3.63) is 47.5 Å². The lowest BCUT2D eigenvalue weighted by atomic mass is 10.2. The van der Waals surface area contributed by atoms with Crippen LogP contribution in [0.2, 0.25) is 0 Å². The summed E-state index contributed by atoms with van der Waals surface area (Å²) in [5, 5.41) is 3.95. The van der Waals surface area contributed by atoms with Crippen LogP contribution in [0.5, 0.6) is 17.2 Å². The molecule has 134 valence electrons. The van der Waals surface area contributed by atoms with Gasteiger partial charge in [0, 0.05) is 5.56 Å². The first-order valence-corrected chi connectivity index (χ1v) is 7.15. The lowest BCUT2D eigenvalue weighted by molar-refractivity contribution is -0.137. The number of hydrogen-bond acceptors (Lipinski definition) is 5. The molecule has 0 spiro atoms. The molecule has 0 amide bonds. The number of anilines is 1. The van der Waals surface area contributed by atoms with Gasteiger partial charge in [-0.05, 0) is 30.3 Å². The number of hydrogen-bond donors (Lipinski definition) is 1. The summed E-state index contributed by atoms with van der Waals surface area (Å²) < 4.78 is 53.7. The van der Waals surface area contributed by atoms with Gasteiger partial charge in [-0.25, -0.2) is 0 Å². The maximum Gasteiger partial charge on any atom is 0.416 e. The van der Waals surface area contributed by atoms with Crippen LogP contribution in [0.25, 0.3) is 0 Å². The van der Waals surface area contributed by atoms with E-state index in [-0.39, 0.29) is 5.69 Å². The van der Waals surface area contributed by atoms with Gasteiger partial charge in [0.1, 0.15) is 0 Å². The Morgan fingerprint density at radius 1 is 0.960 bits per heavy atom. The van der Waals surface area contributed by atoms with Gasteiger partial charge in [0.2, 0.25) is 5.75 Å². The third-order valence-corrected chi connectivity index (χ3v) is 3.28. The van der Waals surface area contributed by atoms with E-state index in [2.05, 4.69) is 10.5 Å². The number of hydrazone groups is 1. The maximum absolute atomic E-state index is 12.7. The number of ether oxygens (including phenoxy) is 3. The van der Waals surface area contributed by atoms with Gasteiger partial charge in [0.25, 0.3) is 0 Å². The molecule has 0 bridgehead atoms. The second kappa shape index (κ2) is 7.78. The second-order valence-corrected chi connectivity index (χ2v) is 4.91. The zero-order valence-corrected chi connectivity index (χ0v) is 13.8. The monoisotopic (exact) mass is 354 g/mol. The number of nitrogens with one attached hydrogen (secondary N) is 1. The molecular formula is C17H17F3N2O3.